The fourth-order valence-electron chi connectivity index (χ4n) is 2.81. The van der Waals surface area contributed by atoms with E-state index in [1.54, 1.807) is 0 Å². The topological polar surface area (TPSA) is 29.1 Å². The van der Waals surface area contributed by atoms with Crippen molar-refractivity contribution < 1.29 is 4.79 Å². The number of hydrogen-bond donors (Lipinski definition) is 1. The summed E-state index contributed by atoms with van der Waals surface area (Å²) in [6, 6.07) is 0.280. The molecule has 2 atom stereocenters. The van der Waals surface area contributed by atoms with Gasteiger partial charge in [0, 0.05) is 12.0 Å². The lowest BCUT2D eigenvalue weighted by Crippen LogP contribution is -2.32. The van der Waals surface area contributed by atoms with E-state index in [0.717, 1.165) is 12.8 Å². The van der Waals surface area contributed by atoms with E-state index >= 15 is 0 Å². The Morgan fingerprint density at radius 3 is 2.20 bits per heavy atom. The molecule has 2 nitrogen and oxygen atoms in total. The van der Waals surface area contributed by atoms with E-state index in [9.17, 15) is 4.79 Å². The van der Waals surface area contributed by atoms with Crippen LogP contribution in [0.15, 0.2) is 12.2 Å². The SMILES string of the molecule is CC(C)NC(=O)C1C2CC/C=C\CCC21. The number of hydrogen-bond acceptors (Lipinski definition) is 1. The van der Waals surface area contributed by atoms with Gasteiger partial charge in [-0.05, 0) is 51.4 Å². The summed E-state index contributed by atoms with van der Waals surface area (Å²) in [5, 5.41) is 3.04. The molecule has 0 heterocycles. The Hall–Kier alpha value is -0.790. The molecule has 2 rings (SSSR count). The predicted octanol–water partition coefficient (Wildman–Crippen LogP) is 2.50. The number of nitrogens with one attached hydrogen (secondary N) is 1. The van der Waals surface area contributed by atoms with E-state index in [1.807, 2.05) is 13.8 Å². The maximum Gasteiger partial charge on any atom is 0.223 e. The number of allylic oxidation sites excluding steroid dienone is 2. The number of rotatable bonds is 2. The molecule has 0 aromatic heterocycles. The summed E-state index contributed by atoms with van der Waals surface area (Å²) < 4.78 is 0. The first kappa shape index (κ1) is 10.7. The Kier molecular flexibility index (Phi) is 3.13. The zero-order valence-corrected chi connectivity index (χ0v) is 9.70. The van der Waals surface area contributed by atoms with Crippen molar-refractivity contribution in [3.8, 4) is 0 Å². The van der Waals surface area contributed by atoms with Gasteiger partial charge in [-0.1, -0.05) is 12.2 Å². The van der Waals surface area contributed by atoms with Gasteiger partial charge in [0.25, 0.3) is 0 Å². The average molecular weight is 207 g/mol. The quantitative estimate of drug-likeness (QED) is 0.693. The van der Waals surface area contributed by atoms with Crippen molar-refractivity contribution in [2.24, 2.45) is 17.8 Å². The second kappa shape index (κ2) is 4.38. The van der Waals surface area contributed by atoms with Gasteiger partial charge in [-0.15, -0.1) is 0 Å². The van der Waals surface area contributed by atoms with Gasteiger partial charge in [-0.2, -0.15) is 0 Å². The molecule has 2 unspecified atom stereocenters. The van der Waals surface area contributed by atoms with Crippen LogP contribution < -0.4 is 5.32 Å². The highest BCUT2D eigenvalue weighted by atomic mass is 16.2. The monoisotopic (exact) mass is 207 g/mol. The smallest absolute Gasteiger partial charge is 0.223 e. The number of carbonyl (C=O) groups excluding carboxylic acids is 1. The first-order valence-electron chi connectivity index (χ1n) is 6.15. The summed E-state index contributed by atoms with van der Waals surface area (Å²) in [7, 11) is 0. The average Bonchev–Trinajstić information content (AvgIpc) is 2.75. The van der Waals surface area contributed by atoms with Crippen molar-refractivity contribution in [3.63, 3.8) is 0 Å². The minimum absolute atomic E-state index is 0.280. The van der Waals surface area contributed by atoms with E-state index in [0.29, 0.717) is 23.7 Å². The third-order valence-electron chi connectivity index (χ3n) is 3.57. The first-order valence-corrected chi connectivity index (χ1v) is 6.15. The molecule has 0 spiro atoms. The summed E-state index contributed by atoms with van der Waals surface area (Å²) in [5.74, 6) is 1.97. The molecule has 84 valence electrons. The largest absolute Gasteiger partial charge is 0.354 e. The summed E-state index contributed by atoms with van der Waals surface area (Å²) >= 11 is 0. The van der Waals surface area contributed by atoms with Crippen LogP contribution in [0.4, 0.5) is 0 Å². The summed E-state index contributed by atoms with van der Waals surface area (Å²) in [5.41, 5.74) is 0. The van der Waals surface area contributed by atoms with Gasteiger partial charge in [-0.25, -0.2) is 0 Å². The minimum atomic E-state index is 0.280. The summed E-state index contributed by atoms with van der Waals surface area (Å²) in [4.78, 5) is 11.9. The fraction of sp³-hybridized carbons (Fsp3) is 0.769. The molecule has 2 heteroatoms. The predicted molar refractivity (Wildman–Crippen MR) is 61.4 cm³/mol. The van der Waals surface area contributed by atoms with Gasteiger partial charge in [0.1, 0.15) is 0 Å². The number of amides is 1. The molecule has 0 aromatic carbocycles. The molecule has 2 aliphatic carbocycles. The fourth-order valence-corrected chi connectivity index (χ4v) is 2.81. The molecule has 0 aliphatic heterocycles. The molecule has 2 aliphatic rings. The van der Waals surface area contributed by atoms with Crippen LogP contribution in [-0.4, -0.2) is 11.9 Å². The molecule has 0 aromatic rings. The van der Waals surface area contributed by atoms with Crippen LogP contribution >= 0.6 is 0 Å². The minimum Gasteiger partial charge on any atom is -0.354 e. The van der Waals surface area contributed by atoms with Crippen LogP contribution in [-0.2, 0) is 4.79 Å². The molecule has 15 heavy (non-hydrogen) atoms. The molecule has 0 bridgehead atoms. The number of carbonyl (C=O) groups is 1. The molecule has 0 saturated heterocycles. The van der Waals surface area contributed by atoms with Crippen LogP contribution in [0.2, 0.25) is 0 Å². The van der Waals surface area contributed by atoms with Gasteiger partial charge in [0.2, 0.25) is 5.91 Å². The molecule has 1 saturated carbocycles. The van der Waals surface area contributed by atoms with Gasteiger partial charge in [0.05, 0.1) is 0 Å². The number of fused-ring (bicyclic) bond motifs is 1. The first-order chi connectivity index (χ1) is 7.20. The molecule has 1 amide bonds. The van der Waals surface area contributed by atoms with Crippen LogP contribution in [0.5, 0.6) is 0 Å². The lowest BCUT2D eigenvalue weighted by molar-refractivity contribution is -0.123. The molecule has 0 radical (unpaired) electrons. The van der Waals surface area contributed by atoms with Crippen molar-refractivity contribution in [1.82, 2.24) is 5.32 Å². The third kappa shape index (κ3) is 2.42. The van der Waals surface area contributed by atoms with Gasteiger partial charge >= 0.3 is 0 Å². The Morgan fingerprint density at radius 2 is 1.73 bits per heavy atom. The van der Waals surface area contributed by atoms with Crippen molar-refractivity contribution in [3.05, 3.63) is 12.2 Å². The Morgan fingerprint density at radius 1 is 1.20 bits per heavy atom. The standard InChI is InChI=1S/C13H21NO/c1-9(2)14-13(15)12-10-7-5-3-4-6-8-11(10)12/h3-4,9-12H,5-8H2,1-2H3,(H,14,15)/b4-3-. The molecular weight excluding hydrogens is 186 g/mol. The van der Waals surface area contributed by atoms with Gasteiger partial charge in [0.15, 0.2) is 0 Å². The molecule has 1 fully saturated rings. The molecular formula is C13H21NO. The van der Waals surface area contributed by atoms with E-state index in [-0.39, 0.29) is 6.04 Å². The maximum atomic E-state index is 11.9. The van der Waals surface area contributed by atoms with E-state index in [2.05, 4.69) is 17.5 Å². The lowest BCUT2D eigenvalue weighted by Gasteiger charge is -2.07. The highest BCUT2D eigenvalue weighted by Gasteiger charge is 2.53. The van der Waals surface area contributed by atoms with Crippen LogP contribution in [0.25, 0.3) is 0 Å². The van der Waals surface area contributed by atoms with Gasteiger partial charge < -0.3 is 5.32 Å². The highest BCUT2D eigenvalue weighted by molar-refractivity contribution is 5.82. The summed E-state index contributed by atoms with van der Waals surface area (Å²) in [6.45, 7) is 4.06. The Labute approximate surface area is 92.1 Å². The normalized spacial score (nSPS) is 36.3. The van der Waals surface area contributed by atoms with Crippen molar-refractivity contribution in [1.29, 1.82) is 0 Å². The van der Waals surface area contributed by atoms with Crippen molar-refractivity contribution in [2.75, 3.05) is 0 Å². The van der Waals surface area contributed by atoms with Gasteiger partial charge in [-0.3, -0.25) is 4.79 Å². The zero-order chi connectivity index (χ0) is 10.8. The summed E-state index contributed by atoms with van der Waals surface area (Å²) in [6.07, 6.45) is 9.27. The lowest BCUT2D eigenvalue weighted by atomic mass is 10.1. The van der Waals surface area contributed by atoms with Crippen LogP contribution in [0.1, 0.15) is 39.5 Å². The van der Waals surface area contributed by atoms with Crippen LogP contribution in [0, 0.1) is 17.8 Å². The Bertz CT molecular complexity index is 254. The highest BCUT2D eigenvalue weighted by Crippen LogP contribution is 2.52. The van der Waals surface area contributed by atoms with E-state index in [4.69, 9.17) is 0 Å². The van der Waals surface area contributed by atoms with E-state index in [1.165, 1.54) is 12.8 Å². The Balaban J connectivity index is 1.89. The van der Waals surface area contributed by atoms with Crippen LogP contribution in [0.3, 0.4) is 0 Å². The van der Waals surface area contributed by atoms with E-state index < -0.39 is 0 Å². The zero-order valence-electron chi connectivity index (χ0n) is 9.70. The molecule has 1 N–H and O–H groups in total. The van der Waals surface area contributed by atoms with Crippen molar-refractivity contribution >= 4 is 5.91 Å². The van der Waals surface area contributed by atoms with Crippen molar-refractivity contribution in [2.45, 2.75) is 45.6 Å². The second-order valence-corrected chi connectivity index (χ2v) is 5.14. The maximum absolute atomic E-state index is 11.9. The second-order valence-electron chi connectivity index (χ2n) is 5.14. The third-order valence-corrected chi connectivity index (χ3v) is 3.57.